The predicted molar refractivity (Wildman–Crippen MR) is 162 cm³/mol. The highest BCUT2D eigenvalue weighted by molar-refractivity contribution is 7.91. The van der Waals surface area contributed by atoms with Crippen LogP contribution >= 0.6 is 0 Å². The summed E-state index contributed by atoms with van der Waals surface area (Å²) in [6.07, 6.45) is 1.49. The Bertz CT molecular complexity index is 1800. The lowest BCUT2D eigenvalue weighted by molar-refractivity contribution is -0.142. The number of carbonyl (C=O) groups is 2. The van der Waals surface area contributed by atoms with Gasteiger partial charge >= 0.3 is 5.97 Å². The Morgan fingerprint density at radius 3 is 2.47 bits per heavy atom. The van der Waals surface area contributed by atoms with Crippen LogP contribution in [0.1, 0.15) is 54.7 Å². The van der Waals surface area contributed by atoms with Crippen LogP contribution in [0, 0.1) is 0 Å². The zero-order chi connectivity index (χ0) is 31.4. The molecule has 11 heteroatoms. The molecule has 0 atom stereocenters. The first-order valence-corrected chi connectivity index (χ1v) is 15.0. The van der Waals surface area contributed by atoms with Crippen LogP contribution in [-0.4, -0.2) is 44.0 Å². The molecule has 0 radical (unpaired) electrons. The quantitative estimate of drug-likeness (QED) is 0.168. The summed E-state index contributed by atoms with van der Waals surface area (Å²) in [5, 5.41) is 0.772. The van der Waals surface area contributed by atoms with Crippen molar-refractivity contribution < 1.29 is 36.3 Å². The van der Waals surface area contributed by atoms with E-state index in [1.807, 2.05) is 12.1 Å². The van der Waals surface area contributed by atoms with Gasteiger partial charge < -0.3 is 19.6 Å². The minimum atomic E-state index is -3.97. The minimum Gasteiger partial charge on any atom is -0.489 e. The number of primary amides is 1. The molecule has 4 aromatic rings. The number of sulfonamides is 1. The molecule has 0 saturated carbocycles. The standard InChI is InChI=1S/C32H33FN2O7S/c1-5-40-29(36)17-23-9-10-25(31(34)37)16-28(23)42-19-20-13-24-11-12-41-30(24)26(14-20)21-7-6-8-22(15-21)27(18-33)35-43(38,39)32(2,3)4/h6-16H,5,17-19H2,1-4H3,(H2,34,37). The highest BCUT2D eigenvalue weighted by atomic mass is 32.2. The molecule has 0 fully saturated rings. The molecule has 0 saturated heterocycles. The monoisotopic (exact) mass is 608 g/mol. The molecule has 0 bridgehead atoms. The SMILES string of the molecule is CCOC(=O)Cc1ccc(C(N)=O)cc1OCc1cc(-c2cccc(C(CF)=NS(=O)(=O)C(C)(C)C)c2)c2occc2c1. The Morgan fingerprint density at radius 2 is 1.79 bits per heavy atom. The van der Waals surface area contributed by atoms with Crippen LogP contribution in [0.15, 0.2) is 75.7 Å². The van der Waals surface area contributed by atoms with Crippen molar-refractivity contribution in [2.45, 2.75) is 45.5 Å². The van der Waals surface area contributed by atoms with E-state index in [9.17, 15) is 22.4 Å². The number of hydrogen-bond acceptors (Lipinski definition) is 7. The Hall–Kier alpha value is -4.51. The van der Waals surface area contributed by atoms with Crippen LogP contribution in [0.4, 0.5) is 4.39 Å². The molecule has 0 spiro atoms. The lowest BCUT2D eigenvalue weighted by atomic mass is 9.98. The number of carbonyl (C=O) groups excluding carboxylic acids is 2. The van der Waals surface area contributed by atoms with Crippen LogP contribution in [0.25, 0.3) is 22.1 Å². The normalized spacial score (nSPS) is 12.3. The molecule has 1 heterocycles. The first-order chi connectivity index (χ1) is 20.3. The Morgan fingerprint density at radius 1 is 1.02 bits per heavy atom. The third-order valence-electron chi connectivity index (χ3n) is 6.63. The van der Waals surface area contributed by atoms with E-state index in [1.54, 1.807) is 49.6 Å². The number of ether oxygens (including phenoxy) is 2. The zero-order valence-corrected chi connectivity index (χ0v) is 25.2. The zero-order valence-electron chi connectivity index (χ0n) is 24.3. The summed E-state index contributed by atoms with van der Waals surface area (Å²) in [5.74, 6) is -0.766. The summed E-state index contributed by atoms with van der Waals surface area (Å²) in [7, 11) is -3.97. The molecular formula is C32H33FN2O7S. The molecule has 0 unspecified atom stereocenters. The van der Waals surface area contributed by atoms with Gasteiger partial charge in [0.2, 0.25) is 5.91 Å². The molecule has 43 heavy (non-hydrogen) atoms. The van der Waals surface area contributed by atoms with Gasteiger partial charge in [0.15, 0.2) is 0 Å². The summed E-state index contributed by atoms with van der Waals surface area (Å²) in [4.78, 5) is 24.0. The van der Waals surface area contributed by atoms with Gasteiger partial charge in [0.05, 0.1) is 29.7 Å². The summed E-state index contributed by atoms with van der Waals surface area (Å²) in [6, 6.07) is 16.9. The smallest absolute Gasteiger partial charge is 0.310 e. The fraction of sp³-hybridized carbons (Fsp3) is 0.281. The fourth-order valence-corrected chi connectivity index (χ4v) is 4.98. The van der Waals surface area contributed by atoms with Gasteiger partial charge in [-0.25, -0.2) is 12.8 Å². The lowest BCUT2D eigenvalue weighted by Crippen LogP contribution is -2.27. The van der Waals surface area contributed by atoms with Gasteiger partial charge in [-0.3, -0.25) is 9.59 Å². The van der Waals surface area contributed by atoms with E-state index in [4.69, 9.17) is 19.6 Å². The largest absolute Gasteiger partial charge is 0.489 e. The molecule has 4 rings (SSSR count). The fourth-order valence-electron chi connectivity index (χ4n) is 4.26. The average molecular weight is 609 g/mol. The number of benzene rings is 3. The van der Waals surface area contributed by atoms with Gasteiger partial charge in [0, 0.05) is 27.6 Å². The van der Waals surface area contributed by atoms with Crippen LogP contribution in [-0.2, 0) is 32.6 Å². The van der Waals surface area contributed by atoms with Gasteiger partial charge in [-0.1, -0.05) is 24.3 Å². The van der Waals surface area contributed by atoms with E-state index in [0.717, 1.165) is 10.9 Å². The van der Waals surface area contributed by atoms with E-state index >= 15 is 0 Å². The number of furan rings is 1. The highest BCUT2D eigenvalue weighted by Crippen LogP contribution is 2.33. The van der Waals surface area contributed by atoms with Gasteiger partial charge in [0.1, 0.15) is 24.6 Å². The number of esters is 1. The third kappa shape index (κ3) is 7.29. The van der Waals surface area contributed by atoms with Crippen LogP contribution in [0.2, 0.25) is 0 Å². The van der Waals surface area contributed by atoms with Gasteiger partial charge in [-0.05, 0) is 75.2 Å². The molecule has 0 aliphatic carbocycles. The van der Waals surface area contributed by atoms with E-state index in [0.29, 0.717) is 33.6 Å². The van der Waals surface area contributed by atoms with Crippen molar-refractivity contribution in [3.63, 3.8) is 0 Å². The van der Waals surface area contributed by atoms with E-state index in [2.05, 4.69) is 4.40 Å². The lowest BCUT2D eigenvalue weighted by Gasteiger charge is -2.16. The number of nitrogens with zero attached hydrogens (tertiary/aromatic N) is 1. The van der Waals surface area contributed by atoms with Crippen molar-refractivity contribution in [2.75, 3.05) is 13.3 Å². The summed E-state index contributed by atoms with van der Waals surface area (Å²) in [6.45, 7) is 5.45. The number of nitrogens with two attached hydrogens (primary N) is 1. The number of rotatable bonds is 11. The Labute approximate surface area is 249 Å². The molecule has 2 N–H and O–H groups in total. The first-order valence-electron chi connectivity index (χ1n) is 13.5. The molecule has 1 amide bonds. The number of hydrogen-bond donors (Lipinski definition) is 1. The number of fused-ring (bicyclic) bond motifs is 1. The maximum atomic E-state index is 14.1. The Balaban J connectivity index is 1.71. The highest BCUT2D eigenvalue weighted by Gasteiger charge is 2.29. The number of alkyl halides is 1. The van der Waals surface area contributed by atoms with Crippen molar-refractivity contribution in [1.29, 1.82) is 0 Å². The molecule has 3 aromatic carbocycles. The molecule has 0 aliphatic heterocycles. The van der Waals surface area contributed by atoms with E-state index in [1.165, 1.54) is 32.9 Å². The average Bonchev–Trinajstić information content (AvgIpc) is 3.43. The summed E-state index contributed by atoms with van der Waals surface area (Å²) in [5.41, 5.74) is 8.95. The van der Waals surface area contributed by atoms with Gasteiger partial charge in [-0.2, -0.15) is 4.40 Å². The number of halogens is 1. The molecular weight excluding hydrogens is 575 g/mol. The molecule has 226 valence electrons. The Kier molecular flexibility index (Phi) is 9.34. The molecule has 1 aromatic heterocycles. The topological polar surface area (TPSA) is 138 Å². The molecule has 0 aliphatic rings. The second kappa shape index (κ2) is 12.8. The van der Waals surface area contributed by atoms with Crippen molar-refractivity contribution in [3.05, 3.63) is 89.2 Å². The van der Waals surface area contributed by atoms with Crippen LogP contribution < -0.4 is 10.5 Å². The maximum Gasteiger partial charge on any atom is 0.310 e. The number of amides is 1. The van der Waals surface area contributed by atoms with Crippen molar-refractivity contribution >= 4 is 38.6 Å². The molecule has 9 nitrogen and oxygen atoms in total. The van der Waals surface area contributed by atoms with Gasteiger partial charge in [0.25, 0.3) is 10.0 Å². The van der Waals surface area contributed by atoms with Crippen molar-refractivity contribution in [2.24, 2.45) is 10.1 Å². The van der Waals surface area contributed by atoms with E-state index < -0.39 is 33.3 Å². The van der Waals surface area contributed by atoms with Crippen molar-refractivity contribution in [1.82, 2.24) is 0 Å². The predicted octanol–water partition coefficient (Wildman–Crippen LogP) is 5.77. The van der Waals surface area contributed by atoms with Crippen LogP contribution in [0.5, 0.6) is 5.75 Å². The van der Waals surface area contributed by atoms with E-state index in [-0.39, 0.29) is 30.9 Å². The second-order valence-corrected chi connectivity index (χ2v) is 13.1. The summed E-state index contributed by atoms with van der Waals surface area (Å²) >= 11 is 0. The second-order valence-electron chi connectivity index (χ2n) is 10.8. The first kappa shape index (κ1) is 31.4. The van der Waals surface area contributed by atoms with Crippen molar-refractivity contribution in [3.8, 4) is 16.9 Å². The van der Waals surface area contributed by atoms with Crippen LogP contribution in [0.3, 0.4) is 0 Å². The minimum absolute atomic E-state index is 0.0512. The van der Waals surface area contributed by atoms with Gasteiger partial charge in [-0.15, -0.1) is 0 Å². The maximum absolute atomic E-state index is 14.1. The summed E-state index contributed by atoms with van der Waals surface area (Å²) < 4.78 is 58.9. The third-order valence-corrected chi connectivity index (χ3v) is 8.64.